The van der Waals surface area contributed by atoms with Crippen LogP contribution in [0.4, 0.5) is 0 Å². The highest BCUT2D eigenvalue weighted by molar-refractivity contribution is 7.14. The van der Waals surface area contributed by atoms with Crippen molar-refractivity contribution >= 4 is 28.6 Å². The first-order valence-corrected chi connectivity index (χ1v) is 8.97. The van der Waals surface area contributed by atoms with Crippen LogP contribution in [0.2, 0.25) is 0 Å². The van der Waals surface area contributed by atoms with E-state index in [0.717, 1.165) is 16.3 Å². The summed E-state index contributed by atoms with van der Waals surface area (Å²) < 4.78 is 5.62. The summed E-state index contributed by atoms with van der Waals surface area (Å²) in [6, 6.07) is 11.6. The molecule has 6 heteroatoms. The monoisotopic (exact) mass is 344 g/mol. The molecule has 2 aromatic heterocycles. The van der Waals surface area contributed by atoms with Crippen molar-refractivity contribution in [2.45, 2.75) is 0 Å². The lowest BCUT2D eigenvalue weighted by atomic mass is 10.3. The molecule has 0 aliphatic rings. The number of carbonyl (C=O) groups is 1. The summed E-state index contributed by atoms with van der Waals surface area (Å²) in [4.78, 5) is 18.5. The number of aromatic nitrogens is 1. The van der Waals surface area contributed by atoms with Gasteiger partial charge in [0.25, 0.3) is 5.91 Å². The van der Waals surface area contributed by atoms with Crippen molar-refractivity contribution < 1.29 is 9.53 Å². The summed E-state index contributed by atoms with van der Waals surface area (Å²) in [5, 5.41) is 6.73. The maximum atomic E-state index is 12.4. The Bertz CT molecular complexity index is 754. The summed E-state index contributed by atoms with van der Waals surface area (Å²) in [7, 11) is 1.76. The smallest absolute Gasteiger partial charge is 0.273 e. The van der Waals surface area contributed by atoms with E-state index in [2.05, 4.69) is 4.98 Å². The van der Waals surface area contributed by atoms with Crippen LogP contribution >= 0.6 is 22.7 Å². The molecule has 0 aliphatic carbocycles. The average molecular weight is 344 g/mol. The van der Waals surface area contributed by atoms with Gasteiger partial charge in [-0.3, -0.25) is 4.79 Å². The lowest BCUT2D eigenvalue weighted by Crippen LogP contribution is -2.31. The third-order valence-electron chi connectivity index (χ3n) is 3.28. The molecular weight excluding hydrogens is 328 g/mol. The lowest BCUT2D eigenvalue weighted by Gasteiger charge is -2.16. The maximum absolute atomic E-state index is 12.4. The predicted octanol–water partition coefficient (Wildman–Crippen LogP) is 4.02. The van der Waals surface area contributed by atoms with Crippen molar-refractivity contribution in [2.75, 3.05) is 20.2 Å². The Labute approximate surface area is 143 Å². The Kier molecular flexibility index (Phi) is 5.05. The van der Waals surface area contributed by atoms with Crippen LogP contribution in [-0.4, -0.2) is 36.0 Å². The van der Waals surface area contributed by atoms with Gasteiger partial charge in [0.2, 0.25) is 0 Å². The molecule has 23 heavy (non-hydrogen) atoms. The van der Waals surface area contributed by atoms with E-state index in [1.165, 1.54) is 11.3 Å². The Balaban J connectivity index is 1.55. The zero-order chi connectivity index (χ0) is 16.1. The zero-order valence-corrected chi connectivity index (χ0v) is 14.3. The van der Waals surface area contributed by atoms with Gasteiger partial charge in [-0.15, -0.1) is 11.3 Å². The van der Waals surface area contributed by atoms with E-state index in [0.29, 0.717) is 18.8 Å². The van der Waals surface area contributed by atoms with Crippen LogP contribution in [0, 0.1) is 0 Å². The van der Waals surface area contributed by atoms with Crippen LogP contribution in [0.1, 0.15) is 10.5 Å². The SMILES string of the molecule is CN(CCOc1ccccc1)C(=O)c1csc(-c2ccsc2)n1. The number of rotatable bonds is 6. The normalized spacial score (nSPS) is 10.5. The zero-order valence-electron chi connectivity index (χ0n) is 12.6. The molecular formula is C17H16N2O2S2. The predicted molar refractivity (Wildman–Crippen MR) is 94.3 cm³/mol. The summed E-state index contributed by atoms with van der Waals surface area (Å²) in [5.74, 6) is 0.723. The molecule has 0 unspecified atom stereocenters. The van der Waals surface area contributed by atoms with Crippen LogP contribution < -0.4 is 4.74 Å². The van der Waals surface area contributed by atoms with Crippen molar-refractivity contribution in [1.29, 1.82) is 0 Å². The number of nitrogens with zero attached hydrogens (tertiary/aromatic N) is 2. The highest BCUT2D eigenvalue weighted by Crippen LogP contribution is 2.26. The van der Waals surface area contributed by atoms with Crippen molar-refractivity contribution in [2.24, 2.45) is 0 Å². The van der Waals surface area contributed by atoms with E-state index in [1.807, 2.05) is 52.5 Å². The number of likely N-dealkylation sites (N-methyl/N-ethyl adjacent to an activating group) is 1. The number of thiophene rings is 1. The Hall–Kier alpha value is -2.18. The molecule has 0 atom stereocenters. The Morgan fingerprint density at radius 3 is 2.78 bits per heavy atom. The summed E-state index contributed by atoms with van der Waals surface area (Å²) in [6.45, 7) is 0.965. The minimum atomic E-state index is -0.0839. The molecule has 0 radical (unpaired) electrons. The van der Waals surface area contributed by atoms with Crippen molar-refractivity contribution in [3.05, 3.63) is 58.2 Å². The van der Waals surface area contributed by atoms with Crippen LogP contribution in [0.25, 0.3) is 10.6 Å². The number of hydrogen-bond acceptors (Lipinski definition) is 5. The molecule has 0 saturated heterocycles. The van der Waals surface area contributed by atoms with Crippen LogP contribution in [-0.2, 0) is 0 Å². The van der Waals surface area contributed by atoms with Gasteiger partial charge >= 0.3 is 0 Å². The van der Waals surface area contributed by atoms with Gasteiger partial charge in [-0.2, -0.15) is 11.3 Å². The summed E-state index contributed by atoms with van der Waals surface area (Å²) in [6.07, 6.45) is 0. The fourth-order valence-corrected chi connectivity index (χ4v) is 3.51. The molecule has 0 saturated carbocycles. The molecule has 3 aromatic rings. The van der Waals surface area contributed by atoms with Crippen molar-refractivity contribution in [3.63, 3.8) is 0 Å². The van der Waals surface area contributed by atoms with Gasteiger partial charge < -0.3 is 9.64 Å². The molecule has 118 valence electrons. The summed E-state index contributed by atoms with van der Waals surface area (Å²) in [5.41, 5.74) is 1.55. The minimum absolute atomic E-state index is 0.0839. The number of amides is 1. The minimum Gasteiger partial charge on any atom is -0.492 e. The number of thiazole rings is 1. The second-order valence-electron chi connectivity index (χ2n) is 4.94. The van der Waals surface area contributed by atoms with Crippen LogP contribution in [0.15, 0.2) is 52.5 Å². The molecule has 0 spiro atoms. The molecule has 0 aliphatic heterocycles. The molecule has 3 rings (SSSR count). The van der Waals surface area contributed by atoms with E-state index < -0.39 is 0 Å². The maximum Gasteiger partial charge on any atom is 0.273 e. The van der Waals surface area contributed by atoms with Crippen molar-refractivity contribution in [3.8, 4) is 16.3 Å². The molecule has 1 amide bonds. The second-order valence-corrected chi connectivity index (χ2v) is 6.58. The van der Waals surface area contributed by atoms with Crippen molar-refractivity contribution in [1.82, 2.24) is 9.88 Å². The molecule has 0 N–H and O–H groups in total. The van der Waals surface area contributed by atoms with Gasteiger partial charge in [0.15, 0.2) is 0 Å². The van der Waals surface area contributed by atoms with Gasteiger partial charge in [0.05, 0.1) is 6.54 Å². The fraction of sp³-hybridized carbons (Fsp3) is 0.176. The lowest BCUT2D eigenvalue weighted by molar-refractivity contribution is 0.0769. The Morgan fingerprint density at radius 2 is 2.04 bits per heavy atom. The molecule has 0 bridgehead atoms. The standard InChI is InChI=1S/C17H16N2O2S2/c1-19(8-9-21-14-5-3-2-4-6-14)17(20)15-12-23-16(18-15)13-7-10-22-11-13/h2-7,10-12H,8-9H2,1H3. The highest BCUT2D eigenvalue weighted by atomic mass is 32.1. The third kappa shape index (κ3) is 3.97. The Morgan fingerprint density at radius 1 is 1.22 bits per heavy atom. The number of benzene rings is 1. The van der Waals surface area contributed by atoms with E-state index in [9.17, 15) is 4.79 Å². The molecule has 2 heterocycles. The van der Waals surface area contributed by atoms with E-state index in [4.69, 9.17) is 4.74 Å². The topological polar surface area (TPSA) is 42.4 Å². The number of ether oxygens (including phenoxy) is 1. The number of hydrogen-bond donors (Lipinski definition) is 0. The van der Waals surface area contributed by atoms with Gasteiger partial charge in [-0.25, -0.2) is 4.98 Å². The summed E-state index contributed by atoms with van der Waals surface area (Å²) >= 11 is 3.11. The largest absolute Gasteiger partial charge is 0.492 e. The third-order valence-corrected chi connectivity index (χ3v) is 4.85. The number of carbonyl (C=O) groups excluding carboxylic acids is 1. The molecule has 0 fully saturated rings. The first-order valence-electron chi connectivity index (χ1n) is 7.15. The van der Waals surface area contributed by atoms with E-state index in [-0.39, 0.29) is 5.91 Å². The van der Waals surface area contributed by atoms with Gasteiger partial charge in [0, 0.05) is 23.4 Å². The average Bonchev–Trinajstić information content (AvgIpc) is 3.26. The highest BCUT2D eigenvalue weighted by Gasteiger charge is 2.16. The molecule has 4 nitrogen and oxygen atoms in total. The van der Waals surface area contributed by atoms with E-state index in [1.54, 1.807) is 23.3 Å². The van der Waals surface area contributed by atoms with Gasteiger partial charge in [0.1, 0.15) is 23.1 Å². The number of para-hydroxylation sites is 1. The van der Waals surface area contributed by atoms with Gasteiger partial charge in [-0.1, -0.05) is 18.2 Å². The molecule has 1 aromatic carbocycles. The van der Waals surface area contributed by atoms with Gasteiger partial charge in [-0.05, 0) is 23.6 Å². The van der Waals surface area contributed by atoms with E-state index >= 15 is 0 Å². The van der Waals surface area contributed by atoms with Crippen LogP contribution in [0.3, 0.4) is 0 Å². The quantitative estimate of drug-likeness (QED) is 0.678. The van der Waals surface area contributed by atoms with Crippen LogP contribution in [0.5, 0.6) is 5.75 Å². The second kappa shape index (κ2) is 7.39. The first-order chi connectivity index (χ1) is 11.2. The first kappa shape index (κ1) is 15.7. The fourth-order valence-electron chi connectivity index (χ4n) is 2.00.